The summed E-state index contributed by atoms with van der Waals surface area (Å²) in [6.45, 7) is 1.88. The molecule has 0 saturated heterocycles. The Kier molecular flexibility index (Phi) is 3.91. The molecular weight excluding hydrogens is 264 g/mol. The van der Waals surface area contributed by atoms with Crippen molar-refractivity contribution in [3.8, 4) is 11.3 Å². The molecule has 5 nitrogen and oxygen atoms in total. The number of rotatable bonds is 3. The average Bonchev–Trinajstić information content (AvgIpc) is 2.39. The van der Waals surface area contributed by atoms with E-state index >= 15 is 0 Å². The monoisotopic (exact) mass is 276 g/mol. The van der Waals surface area contributed by atoms with Gasteiger partial charge in [-0.1, -0.05) is 30.3 Å². The van der Waals surface area contributed by atoms with Crippen LogP contribution in [-0.4, -0.2) is 22.5 Å². The van der Waals surface area contributed by atoms with E-state index in [0.717, 1.165) is 0 Å². The Hall–Kier alpha value is -2.21. The van der Waals surface area contributed by atoms with Crippen molar-refractivity contribution >= 4 is 18.2 Å². The van der Waals surface area contributed by atoms with Crippen molar-refractivity contribution in [1.29, 1.82) is 0 Å². The molecule has 98 valence electrons. The Morgan fingerprint density at radius 3 is 2.58 bits per heavy atom. The summed E-state index contributed by atoms with van der Waals surface area (Å²) in [7, 11) is 0. The van der Waals surface area contributed by atoms with E-state index in [0.29, 0.717) is 11.3 Å². The van der Waals surface area contributed by atoms with Crippen molar-refractivity contribution in [3.05, 3.63) is 51.0 Å². The fourth-order valence-corrected chi connectivity index (χ4v) is 1.90. The molecule has 19 heavy (non-hydrogen) atoms. The summed E-state index contributed by atoms with van der Waals surface area (Å²) < 4.78 is 5.06. The molecular formula is C13H12N2O3S. The highest BCUT2D eigenvalue weighted by Crippen LogP contribution is 2.18. The summed E-state index contributed by atoms with van der Waals surface area (Å²) in [6, 6.07) is 9.02. The predicted molar refractivity (Wildman–Crippen MR) is 73.6 cm³/mol. The first kappa shape index (κ1) is 13.2. The van der Waals surface area contributed by atoms with Gasteiger partial charge >= 0.3 is 5.97 Å². The van der Waals surface area contributed by atoms with E-state index in [4.69, 9.17) is 17.0 Å². The lowest BCUT2D eigenvalue weighted by molar-refractivity contribution is 0.0524. The Balaban J connectivity index is 2.69. The van der Waals surface area contributed by atoms with E-state index in [2.05, 4.69) is 9.97 Å². The molecule has 0 spiro atoms. The van der Waals surface area contributed by atoms with Gasteiger partial charge in [0.2, 0.25) is 0 Å². The van der Waals surface area contributed by atoms with Crippen LogP contribution in [-0.2, 0) is 4.74 Å². The van der Waals surface area contributed by atoms with Crippen molar-refractivity contribution < 1.29 is 9.53 Å². The van der Waals surface area contributed by atoms with Crippen LogP contribution in [0.2, 0.25) is 0 Å². The second-order valence-corrected chi connectivity index (χ2v) is 4.15. The molecule has 1 aromatic heterocycles. The van der Waals surface area contributed by atoms with Gasteiger partial charge in [0.05, 0.1) is 12.3 Å². The first-order valence-corrected chi connectivity index (χ1v) is 6.13. The van der Waals surface area contributed by atoms with Crippen molar-refractivity contribution in [3.63, 3.8) is 0 Å². The van der Waals surface area contributed by atoms with Gasteiger partial charge in [-0.2, -0.15) is 0 Å². The predicted octanol–water partition coefficient (Wildman–Crippen LogP) is 2.28. The molecule has 0 aliphatic heterocycles. The highest BCUT2D eigenvalue weighted by atomic mass is 32.1. The normalized spacial score (nSPS) is 10.2. The number of hydrogen-bond donors (Lipinski definition) is 2. The zero-order chi connectivity index (χ0) is 13.8. The van der Waals surface area contributed by atoms with Gasteiger partial charge in [-0.15, -0.1) is 0 Å². The standard InChI is InChI=1S/C13H12N2O3S/c1-2-18-12(17)9-10(8-6-4-3-5-7-8)14-13(19)15-11(9)16/h3-7H,2H2,1H3,(H2,14,15,16,19). The van der Waals surface area contributed by atoms with Gasteiger partial charge in [0.15, 0.2) is 4.77 Å². The second-order valence-electron chi connectivity index (χ2n) is 3.74. The molecule has 1 aromatic carbocycles. The van der Waals surface area contributed by atoms with Gasteiger partial charge in [-0.3, -0.25) is 9.78 Å². The van der Waals surface area contributed by atoms with Crippen LogP contribution in [0.15, 0.2) is 35.1 Å². The van der Waals surface area contributed by atoms with Crippen molar-refractivity contribution in [2.75, 3.05) is 6.61 Å². The number of carbonyl (C=O) groups is 1. The Morgan fingerprint density at radius 2 is 1.95 bits per heavy atom. The molecule has 0 saturated carbocycles. The molecule has 0 amide bonds. The van der Waals surface area contributed by atoms with Crippen LogP contribution in [0.3, 0.4) is 0 Å². The summed E-state index contributed by atoms with van der Waals surface area (Å²) in [5.74, 6) is -0.672. The van der Waals surface area contributed by atoms with Gasteiger partial charge in [0, 0.05) is 0 Å². The maximum atomic E-state index is 11.9. The number of ether oxygens (including phenoxy) is 1. The van der Waals surface area contributed by atoms with Crippen LogP contribution in [0.1, 0.15) is 17.3 Å². The first-order chi connectivity index (χ1) is 9.13. The summed E-state index contributed by atoms with van der Waals surface area (Å²) in [5, 5.41) is 0. The zero-order valence-corrected chi connectivity index (χ0v) is 11.0. The number of aromatic amines is 2. The third kappa shape index (κ3) is 2.79. The Bertz CT molecular complexity index is 704. The number of H-pyrrole nitrogens is 2. The lowest BCUT2D eigenvalue weighted by Crippen LogP contribution is -2.22. The van der Waals surface area contributed by atoms with Crippen LogP contribution >= 0.6 is 12.2 Å². The molecule has 0 aliphatic carbocycles. The van der Waals surface area contributed by atoms with Crippen LogP contribution in [0.5, 0.6) is 0 Å². The summed E-state index contributed by atoms with van der Waals surface area (Å²) in [6.07, 6.45) is 0. The van der Waals surface area contributed by atoms with Crippen LogP contribution in [0.4, 0.5) is 0 Å². The Labute approximate surface area is 114 Å². The lowest BCUT2D eigenvalue weighted by Gasteiger charge is -2.08. The molecule has 2 rings (SSSR count). The van der Waals surface area contributed by atoms with Gasteiger partial charge in [-0.05, 0) is 24.7 Å². The molecule has 2 aromatic rings. The van der Waals surface area contributed by atoms with Crippen LogP contribution in [0, 0.1) is 4.77 Å². The highest BCUT2D eigenvalue weighted by molar-refractivity contribution is 7.71. The van der Waals surface area contributed by atoms with E-state index in [1.54, 1.807) is 19.1 Å². The van der Waals surface area contributed by atoms with Crippen LogP contribution < -0.4 is 5.56 Å². The molecule has 6 heteroatoms. The van der Waals surface area contributed by atoms with Gasteiger partial charge in [-0.25, -0.2) is 4.79 Å². The number of nitrogens with one attached hydrogen (secondary N) is 2. The number of benzene rings is 1. The maximum absolute atomic E-state index is 11.9. The molecule has 0 aliphatic rings. The molecule has 0 unspecified atom stereocenters. The van der Waals surface area contributed by atoms with E-state index < -0.39 is 11.5 Å². The molecule has 0 fully saturated rings. The first-order valence-electron chi connectivity index (χ1n) is 5.72. The van der Waals surface area contributed by atoms with E-state index in [1.807, 2.05) is 18.2 Å². The van der Waals surface area contributed by atoms with E-state index in [-0.39, 0.29) is 16.9 Å². The fourth-order valence-electron chi connectivity index (χ4n) is 1.71. The van der Waals surface area contributed by atoms with Crippen molar-refractivity contribution in [2.24, 2.45) is 0 Å². The minimum Gasteiger partial charge on any atom is -0.462 e. The molecule has 0 radical (unpaired) electrons. The molecule has 0 atom stereocenters. The average molecular weight is 276 g/mol. The fraction of sp³-hybridized carbons (Fsp3) is 0.154. The number of carbonyl (C=O) groups excluding carboxylic acids is 1. The van der Waals surface area contributed by atoms with Crippen molar-refractivity contribution in [1.82, 2.24) is 9.97 Å². The molecule has 0 bridgehead atoms. The summed E-state index contributed by atoms with van der Waals surface area (Å²) in [4.78, 5) is 29.0. The number of esters is 1. The minimum atomic E-state index is -0.672. The summed E-state index contributed by atoms with van der Waals surface area (Å²) >= 11 is 4.93. The Morgan fingerprint density at radius 1 is 1.26 bits per heavy atom. The SMILES string of the molecule is CCOC(=O)c1c(-c2ccccc2)[nH]c(=S)[nH]c1=O. The smallest absolute Gasteiger partial charge is 0.345 e. The summed E-state index contributed by atoms with van der Waals surface area (Å²) in [5.41, 5.74) is 0.443. The highest BCUT2D eigenvalue weighted by Gasteiger charge is 2.19. The largest absolute Gasteiger partial charge is 0.462 e. The topological polar surface area (TPSA) is 75.0 Å². The quantitative estimate of drug-likeness (QED) is 0.666. The molecule has 1 heterocycles. The van der Waals surface area contributed by atoms with Gasteiger partial charge in [0.25, 0.3) is 5.56 Å². The van der Waals surface area contributed by atoms with Gasteiger partial charge in [0.1, 0.15) is 5.56 Å². The maximum Gasteiger partial charge on any atom is 0.345 e. The zero-order valence-electron chi connectivity index (χ0n) is 10.2. The van der Waals surface area contributed by atoms with E-state index in [9.17, 15) is 9.59 Å². The van der Waals surface area contributed by atoms with Gasteiger partial charge < -0.3 is 9.72 Å². The third-order valence-corrected chi connectivity index (χ3v) is 2.69. The van der Waals surface area contributed by atoms with Crippen molar-refractivity contribution in [2.45, 2.75) is 6.92 Å². The number of hydrogen-bond acceptors (Lipinski definition) is 4. The third-order valence-electron chi connectivity index (χ3n) is 2.48. The second kappa shape index (κ2) is 5.62. The number of aromatic nitrogens is 2. The lowest BCUT2D eigenvalue weighted by atomic mass is 10.1. The molecule has 2 N–H and O–H groups in total. The minimum absolute atomic E-state index is 0.0679. The van der Waals surface area contributed by atoms with Crippen LogP contribution in [0.25, 0.3) is 11.3 Å². The van der Waals surface area contributed by atoms with E-state index in [1.165, 1.54) is 0 Å².